The van der Waals surface area contributed by atoms with Gasteiger partial charge in [-0.3, -0.25) is 4.79 Å². The van der Waals surface area contributed by atoms with Crippen LogP contribution in [0.1, 0.15) is 26.7 Å². The molecule has 0 rings (SSSR count). The number of carbonyl (C=O) groups excluding carboxylic acids is 1. The van der Waals surface area contributed by atoms with Crippen LogP contribution in [0.15, 0.2) is 0 Å². The van der Waals surface area contributed by atoms with E-state index in [1.54, 1.807) is 4.90 Å². The van der Waals surface area contributed by atoms with E-state index >= 15 is 0 Å². The molecule has 0 saturated heterocycles. The van der Waals surface area contributed by atoms with Gasteiger partial charge in [0.25, 0.3) is 0 Å². The minimum absolute atomic E-state index is 0.0703. The highest BCUT2D eigenvalue weighted by Crippen LogP contribution is 2.04. The normalized spacial score (nSPS) is 12.3. The SMILES string of the molecule is C#CCC(N)C(=O)N(CCCO)C(C)C. The number of terminal acetylenes is 1. The van der Waals surface area contributed by atoms with Crippen LogP contribution in [0.2, 0.25) is 0 Å². The van der Waals surface area contributed by atoms with E-state index in [1.807, 2.05) is 13.8 Å². The van der Waals surface area contributed by atoms with Crippen LogP contribution in [0.4, 0.5) is 0 Å². The molecule has 0 radical (unpaired) electrons. The van der Waals surface area contributed by atoms with Gasteiger partial charge in [0.05, 0.1) is 6.04 Å². The Morgan fingerprint density at radius 1 is 1.60 bits per heavy atom. The van der Waals surface area contributed by atoms with Gasteiger partial charge in [0.2, 0.25) is 5.91 Å². The molecular weight excluding hydrogens is 192 g/mol. The van der Waals surface area contributed by atoms with Gasteiger partial charge < -0.3 is 15.7 Å². The van der Waals surface area contributed by atoms with Crippen molar-refractivity contribution in [1.29, 1.82) is 0 Å². The van der Waals surface area contributed by atoms with E-state index in [0.29, 0.717) is 13.0 Å². The zero-order chi connectivity index (χ0) is 11.8. The Kier molecular flexibility index (Phi) is 6.76. The predicted molar refractivity (Wildman–Crippen MR) is 60.0 cm³/mol. The smallest absolute Gasteiger partial charge is 0.240 e. The first-order valence-corrected chi connectivity index (χ1v) is 5.15. The zero-order valence-corrected chi connectivity index (χ0v) is 9.44. The molecule has 86 valence electrons. The largest absolute Gasteiger partial charge is 0.396 e. The van der Waals surface area contributed by atoms with Crippen molar-refractivity contribution in [2.24, 2.45) is 5.73 Å². The second-order valence-corrected chi connectivity index (χ2v) is 3.72. The summed E-state index contributed by atoms with van der Waals surface area (Å²) in [6.45, 7) is 4.42. The minimum Gasteiger partial charge on any atom is -0.396 e. The summed E-state index contributed by atoms with van der Waals surface area (Å²) >= 11 is 0. The van der Waals surface area contributed by atoms with Gasteiger partial charge >= 0.3 is 0 Å². The molecule has 0 aromatic rings. The van der Waals surface area contributed by atoms with Crippen molar-refractivity contribution in [3.05, 3.63) is 0 Å². The highest BCUT2D eigenvalue weighted by Gasteiger charge is 2.21. The molecule has 1 atom stereocenters. The Morgan fingerprint density at radius 3 is 2.60 bits per heavy atom. The minimum atomic E-state index is -0.629. The summed E-state index contributed by atoms with van der Waals surface area (Å²) in [6, 6.07) is -0.552. The molecule has 1 unspecified atom stereocenters. The molecule has 0 aliphatic rings. The maximum Gasteiger partial charge on any atom is 0.240 e. The fraction of sp³-hybridized carbons (Fsp3) is 0.727. The Balaban J connectivity index is 4.35. The molecule has 0 saturated carbocycles. The monoisotopic (exact) mass is 212 g/mol. The van der Waals surface area contributed by atoms with Crippen molar-refractivity contribution < 1.29 is 9.90 Å². The molecule has 0 bridgehead atoms. The van der Waals surface area contributed by atoms with E-state index in [9.17, 15) is 4.79 Å². The second kappa shape index (κ2) is 7.27. The van der Waals surface area contributed by atoms with Gasteiger partial charge in [0.15, 0.2) is 0 Å². The fourth-order valence-electron chi connectivity index (χ4n) is 1.29. The number of amides is 1. The van der Waals surface area contributed by atoms with Gasteiger partial charge in [-0.1, -0.05) is 0 Å². The summed E-state index contributed by atoms with van der Waals surface area (Å²) in [7, 11) is 0. The van der Waals surface area contributed by atoms with Gasteiger partial charge in [-0.05, 0) is 20.3 Å². The quantitative estimate of drug-likeness (QED) is 0.607. The van der Waals surface area contributed by atoms with Crippen LogP contribution in [-0.2, 0) is 4.79 Å². The number of aliphatic hydroxyl groups excluding tert-OH is 1. The van der Waals surface area contributed by atoms with E-state index in [-0.39, 0.29) is 25.0 Å². The molecule has 0 aliphatic heterocycles. The summed E-state index contributed by atoms with van der Waals surface area (Å²) in [5, 5.41) is 8.72. The van der Waals surface area contributed by atoms with Crippen LogP contribution in [0.3, 0.4) is 0 Å². The fourth-order valence-corrected chi connectivity index (χ4v) is 1.29. The maximum absolute atomic E-state index is 11.8. The highest BCUT2D eigenvalue weighted by atomic mass is 16.3. The predicted octanol–water partition coefficient (Wildman–Crippen LogP) is -0.0436. The van der Waals surface area contributed by atoms with Crippen LogP contribution in [0.25, 0.3) is 0 Å². The molecule has 4 nitrogen and oxygen atoms in total. The lowest BCUT2D eigenvalue weighted by Crippen LogP contribution is -2.47. The third-order valence-electron chi connectivity index (χ3n) is 2.12. The molecule has 0 fully saturated rings. The third-order valence-corrected chi connectivity index (χ3v) is 2.12. The highest BCUT2D eigenvalue weighted by molar-refractivity contribution is 5.82. The first-order valence-electron chi connectivity index (χ1n) is 5.15. The maximum atomic E-state index is 11.8. The number of nitrogens with zero attached hydrogens (tertiary/aromatic N) is 1. The summed E-state index contributed by atoms with van der Waals surface area (Å²) in [4.78, 5) is 13.5. The summed E-state index contributed by atoms with van der Waals surface area (Å²) in [5.41, 5.74) is 5.64. The lowest BCUT2D eigenvalue weighted by molar-refractivity contribution is -0.134. The van der Waals surface area contributed by atoms with Crippen molar-refractivity contribution in [2.45, 2.75) is 38.8 Å². The van der Waals surface area contributed by atoms with Crippen molar-refractivity contribution >= 4 is 5.91 Å². The number of rotatable bonds is 6. The lowest BCUT2D eigenvalue weighted by atomic mass is 10.1. The van der Waals surface area contributed by atoms with E-state index in [2.05, 4.69) is 5.92 Å². The van der Waals surface area contributed by atoms with Crippen molar-refractivity contribution in [1.82, 2.24) is 4.90 Å². The third kappa shape index (κ3) is 4.82. The van der Waals surface area contributed by atoms with Gasteiger partial charge in [0.1, 0.15) is 0 Å². The average Bonchev–Trinajstić information content (AvgIpc) is 2.18. The molecule has 1 amide bonds. The van der Waals surface area contributed by atoms with Crippen LogP contribution in [-0.4, -0.2) is 41.1 Å². The molecule has 0 aromatic heterocycles. The Labute approximate surface area is 91.4 Å². The molecule has 0 heterocycles. The first-order chi connectivity index (χ1) is 7.04. The van der Waals surface area contributed by atoms with Gasteiger partial charge in [-0.25, -0.2) is 0 Å². The lowest BCUT2D eigenvalue weighted by Gasteiger charge is -2.28. The molecule has 15 heavy (non-hydrogen) atoms. The number of nitrogens with two attached hydrogens (primary N) is 1. The first kappa shape index (κ1) is 13.9. The summed E-state index contributed by atoms with van der Waals surface area (Å²) in [6.07, 6.45) is 5.92. The average molecular weight is 212 g/mol. The Hall–Kier alpha value is -1.05. The molecule has 0 aromatic carbocycles. The summed E-state index contributed by atoms with van der Waals surface area (Å²) < 4.78 is 0. The topological polar surface area (TPSA) is 66.6 Å². The molecule has 0 aliphatic carbocycles. The number of hydrogen-bond acceptors (Lipinski definition) is 3. The van der Waals surface area contributed by atoms with Crippen LogP contribution in [0, 0.1) is 12.3 Å². The molecular formula is C11H20N2O2. The van der Waals surface area contributed by atoms with Gasteiger partial charge in [0, 0.05) is 25.6 Å². The van der Waals surface area contributed by atoms with Crippen molar-refractivity contribution in [2.75, 3.05) is 13.2 Å². The van der Waals surface area contributed by atoms with Gasteiger partial charge in [-0.2, -0.15) is 0 Å². The summed E-state index contributed by atoms with van der Waals surface area (Å²) in [5.74, 6) is 2.23. The van der Waals surface area contributed by atoms with Gasteiger partial charge in [-0.15, -0.1) is 12.3 Å². The van der Waals surface area contributed by atoms with Crippen molar-refractivity contribution in [3.8, 4) is 12.3 Å². The number of carbonyl (C=O) groups is 1. The Bertz CT molecular complexity index is 233. The number of hydrogen-bond donors (Lipinski definition) is 2. The standard InChI is InChI=1S/C11H20N2O2/c1-4-6-10(12)11(15)13(9(2)3)7-5-8-14/h1,9-10,14H,5-8,12H2,2-3H3. The van der Waals surface area contributed by atoms with Crippen molar-refractivity contribution in [3.63, 3.8) is 0 Å². The van der Waals surface area contributed by atoms with E-state index in [4.69, 9.17) is 17.3 Å². The van der Waals surface area contributed by atoms with E-state index < -0.39 is 6.04 Å². The van der Waals surface area contributed by atoms with Crippen LogP contribution < -0.4 is 5.73 Å². The van der Waals surface area contributed by atoms with E-state index in [1.165, 1.54) is 0 Å². The molecule has 3 N–H and O–H groups in total. The molecule has 0 spiro atoms. The van der Waals surface area contributed by atoms with Crippen LogP contribution >= 0.6 is 0 Å². The van der Waals surface area contributed by atoms with Crippen LogP contribution in [0.5, 0.6) is 0 Å². The number of aliphatic hydroxyl groups is 1. The zero-order valence-electron chi connectivity index (χ0n) is 9.44. The second-order valence-electron chi connectivity index (χ2n) is 3.72. The Morgan fingerprint density at radius 2 is 2.20 bits per heavy atom. The van der Waals surface area contributed by atoms with E-state index in [0.717, 1.165) is 0 Å². The molecule has 4 heteroatoms.